The predicted octanol–water partition coefficient (Wildman–Crippen LogP) is 5.70. The standard InChI is InChI=1S/C27H36ClN2O2/c1-4-20-10-6-11-21(18-20)26-23(13-7-14-24(26)28)27(32-5-2)22-12-9-17-30(19-22)25(31)15-8-16-29-3/h6-7,10-11,13-14,18,22,27,29H,2,4-5,8-9,12,15-17,19H2,1,3H3/t22-,27-/m1/s1. The fourth-order valence-corrected chi connectivity index (χ4v) is 4.99. The van der Waals surface area contributed by atoms with Gasteiger partial charge in [0.25, 0.3) is 0 Å². The lowest BCUT2D eigenvalue weighted by molar-refractivity contribution is -0.134. The number of nitrogens with zero attached hydrogens (tertiary/aromatic N) is 1. The van der Waals surface area contributed by atoms with Gasteiger partial charge in [-0.1, -0.05) is 54.9 Å². The Bertz CT molecular complexity index is 886. The van der Waals surface area contributed by atoms with Crippen molar-refractivity contribution >= 4 is 17.5 Å². The molecule has 0 spiro atoms. The van der Waals surface area contributed by atoms with Crippen LogP contribution in [-0.2, 0) is 16.0 Å². The summed E-state index contributed by atoms with van der Waals surface area (Å²) in [4.78, 5) is 14.8. The van der Waals surface area contributed by atoms with Crippen LogP contribution in [0.5, 0.6) is 0 Å². The van der Waals surface area contributed by atoms with Crippen LogP contribution in [0.1, 0.15) is 49.8 Å². The quantitative estimate of drug-likeness (QED) is 0.467. The highest BCUT2D eigenvalue weighted by molar-refractivity contribution is 6.33. The van der Waals surface area contributed by atoms with Gasteiger partial charge in [0.15, 0.2) is 0 Å². The zero-order chi connectivity index (χ0) is 22.9. The van der Waals surface area contributed by atoms with Crippen molar-refractivity contribution < 1.29 is 9.53 Å². The Morgan fingerprint density at radius 1 is 1.31 bits per heavy atom. The first-order valence-corrected chi connectivity index (χ1v) is 12.2. The van der Waals surface area contributed by atoms with Crippen LogP contribution in [0.3, 0.4) is 0 Å². The molecule has 1 aliphatic rings. The number of hydrogen-bond donors (Lipinski definition) is 1. The van der Waals surface area contributed by atoms with Crippen molar-refractivity contribution in [2.24, 2.45) is 5.92 Å². The van der Waals surface area contributed by atoms with Gasteiger partial charge in [0.05, 0.1) is 6.10 Å². The molecular weight excluding hydrogens is 420 g/mol. The second kappa shape index (κ2) is 12.4. The van der Waals surface area contributed by atoms with E-state index in [1.54, 1.807) is 0 Å². The minimum Gasteiger partial charge on any atom is -0.373 e. The molecule has 1 heterocycles. The number of carbonyl (C=O) groups is 1. The van der Waals surface area contributed by atoms with E-state index in [2.05, 4.69) is 49.5 Å². The molecule has 1 fully saturated rings. The number of ether oxygens (including phenoxy) is 1. The number of hydrogen-bond acceptors (Lipinski definition) is 3. The molecule has 0 aromatic heterocycles. The summed E-state index contributed by atoms with van der Waals surface area (Å²) < 4.78 is 6.25. The molecule has 32 heavy (non-hydrogen) atoms. The molecule has 0 aliphatic carbocycles. The maximum Gasteiger partial charge on any atom is 0.222 e. The Hall–Kier alpha value is -1.88. The van der Waals surface area contributed by atoms with Crippen molar-refractivity contribution in [1.82, 2.24) is 10.2 Å². The molecule has 4 nitrogen and oxygen atoms in total. The van der Waals surface area contributed by atoms with Crippen LogP contribution in [-0.4, -0.2) is 44.1 Å². The van der Waals surface area contributed by atoms with Gasteiger partial charge in [0, 0.05) is 42.6 Å². The summed E-state index contributed by atoms with van der Waals surface area (Å²) in [6.07, 6.45) is 4.27. The molecule has 2 aromatic carbocycles. The van der Waals surface area contributed by atoms with Crippen LogP contribution in [0.25, 0.3) is 11.1 Å². The number of likely N-dealkylation sites (tertiary alicyclic amines) is 1. The third kappa shape index (κ3) is 6.12. The molecule has 1 saturated heterocycles. The molecular formula is C27H36ClN2O2. The molecule has 5 heteroatoms. The number of halogens is 1. The smallest absolute Gasteiger partial charge is 0.222 e. The van der Waals surface area contributed by atoms with Crippen LogP contribution in [0.4, 0.5) is 0 Å². The Balaban J connectivity index is 1.90. The highest BCUT2D eigenvalue weighted by Gasteiger charge is 2.32. The lowest BCUT2D eigenvalue weighted by atomic mass is 9.84. The van der Waals surface area contributed by atoms with Crippen LogP contribution in [0.15, 0.2) is 42.5 Å². The molecule has 3 rings (SSSR count). The van der Waals surface area contributed by atoms with E-state index >= 15 is 0 Å². The van der Waals surface area contributed by atoms with Gasteiger partial charge < -0.3 is 15.0 Å². The van der Waals surface area contributed by atoms with Crippen molar-refractivity contribution in [2.45, 2.75) is 45.1 Å². The van der Waals surface area contributed by atoms with Crippen LogP contribution in [0, 0.1) is 12.8 Å². The zero-order valence-corrected chi connectivity index (χ0v) is 20.2. The molecule has 1 N–H and O–H groups in total. The van der Waals surface area contributed by atoms with Gasteiger partial charge in [-0.25, -0.2) is 0 Å². The minimum atomic E-state index is -0.153. The second-order valence-corrected chi connectivity index (χ2v) is 8.91. The Kier molecular flexibility index (Phi) is 9.58. The molecule has 1 amide bonds. The van der Waals surface area contributed by atoms with E-state index < -0.39 is 0 Å². The molecule has 0 bridgehead atoms. The van der Waals surface area contributed by atoms with E-state index in [9.17, 15) is 4.79 Å². The number of aryl methyl sites for hydroxylation is 1. The van der Waals surface area contributed by atoms with Crippen LogP contribution < -0.4 is 5.32 Å². The number of nitrogens with one attached hydrogen (secondary N) is 1. The lowest BCUT2D eigenvalue weighted by Gasteiger charge is -2.38. The largest absolute Gasteiger partial charge is 0.373 e. The third-order valence-corrected chi connectivity index (χ3v) is 6.64. The Morgan fingerprint density at radius 3 is 2.88 bits per heavy atom. The van der Waals surface area contributed by atoms with Gasteiger partial charge in [-0.05, 0) is 69.0 Å². The SMILES string of the molecule is [CH2]CO[C@@H](c1cccc(Cl)c1-c1cccc(CC)c1)[C@@H]1CCCN(C(=O)CCCNC)C1. The van der Waals surface area contributed by atoms with Crippen molar-refractivity contribution in [3.63, 3.8) is 0 Å². The van der Waals surface area contributed by atoms with Gasteiger partial charge in [-0.15, -0.1) is 0 Å². The summed E-state index contributed by atoms with van der Waals surface area (Å²) in [6.45, 7) is 8.89. The van der Waals surface area contributed by atoms with Crippen LogP contribution >= 0.6 is 11.6 Å². The summed E-state index contributed by atoms with van der Waals surface area (Å²) in [5, 5.41) is 3.84. The van der Waals surface area contributed by atoms with E-state index in [-0.39, 0.29) is 17.9 Å². The molecule has 0 saturated carbocycles. The first kappa shape index (κ1) is 24.8. The van der Waals surface area contributed by atoms with Crippen molar-refractivity contribution in [3.8, 4) is 11.1 Å². The Labute approximate surface area is 198 Å². The van der Waals surface area contributed by atoms with Gasteiger partial charge in [-0.2, -0.15) is 0 Å². The molecule has 2 aromatic rings. The highest BCUT2D eigenvalue weighted by atomic mass is 35.5. The predicted molar refractivity (Wildman–Crippen MR) is 133 cm³/mol. The summed E-state index contributed by atoms with van der Waals surface area (Å²) in [7, 11) is 1.92. The van der Waals surface area contributed by atoms with Gasteiger partial charge in [0.2, 0.25) is 5.91 Å². The fourth-order valence-electron chi connectivity index (χ4n) is 4.69. The number of benzene rings is 2. The Morgan fingerprint density at radius 2 is 2.12 bits per heavy atom. The van der Waals surface area contributed by atoms with Gasteiger partial charge in [0.1, 0.15) is 0 Å². The highest BCUT2D eigenvalue weighted by Crippen LogP contribution is 2.41. The summed E-state index contributed by atoms with van der Waals surface area (Å²) in [5.74, 6) is 0.450. The zero-order valence-electron chi connectivity index (χ0n) is 19.4. The fraction of sp³-hybridized carbons (Fsp3) is 0.481. The number of amides is 1. The maximum absolute atomic E-state index is 12.8. The average Bonchev–Trinajstić information content (AvgIpc) is 2.82. The third-order valence-electron chi connectivity index (χ3n) is 6.33. The summed E-state index contributed by atoms with van der Waals surface area (Å²) in [5.41, 5.74) is 4.50. The topological polar surface area (TPSA) is 41.6 Å². The van der Waals surface area contributed by atoms with Gasteiger partial charge in [-0.3, -0.25) is 4.79 Å². The number of piperidine rings is 1. The minimum absolute atomic E-state index is 0.153. The number of carbonyl (C=O) groups excluding carboxylic acids is 1. The first-order valence-electron chi connectivity index (χ1n) is 11.8. The molecule has 1 aliphatic heterocycles. The van der Waals surface area contributed by atoms with Crippen molar-refractivity contribution in [3.05, 3.63) is 65.5 Å². The molecule has 173 valence electrons. The number of rotatable bonds is 10. The lowest BCUT2D eigenvalue weighted by Crippen LogP contribution is -2.42. The van der Waals surface area contributed by atoms with E-state index in [0.717, 1.165) is 60.5 Å². The van der Waals surface area contributed by atoms with E-state index in [1.165, 1.54) is 5.56 Å². The van der Waals surface area contributed by atoms with E-state index in [4.69, 9.17) is 16.3 Å². The monoisotopic (exact) mass is 455 g/mol. The normalized spacial score (nSPS) is 17.4. The first-order chi connectivity index (χ1) is 15.6. The summed E-state index contributed by atoms with van der Waals surface area (Å²) in [6, 6.07) is 14.6. The molecule has 2 atom stereocenters. The van der Waals surface area contributed by atoms with Crippen LogP contribution in [0.2, 0.25) is 5.02 Å². The van der Waals surface area contributed by atoms with Gasteiger partial charge >= 0.3 is 0 Å². The summed E-state index contributed by atoms with van der Waals surface area (Å²) >= 11 is 6.75. The molecule has 1 radical (unpaired) electrons. The maximum atomic E-state index is 12.8. The van der Waals surface area contributed by atoms with E-state index in [0.29, 0.717) is 19.6 Å². The van der Waals surface area contributed by atoms with E-state index in [1.807, 2.05) is 24.1 Å². The van der Waals surface area contributed by atoms with Crippen molar-refractivity contribution in [2.75, 3.05) is 33.3 Å². The van der Waals surface area contributed by atoms with Crippen molar-refractivity contribution in [1.29, 1.82) is 0 Å². The molecule has 0 unspecified atom stereocenters. The second-order valence-electron chi connectivity index (χ2n) is 8.50. The average molecular weight is 456 g/mol.